The SMILES string of the molecule is CS(=O)(=O)c1cc(CS(=O)(=O)c2cc(C(=O)O)ccc2C2CC2)c(-c2ccccn2)cc1Cl. The van der Waals surface area contributed by atoms with E-state index in [1.54, 1.807) is 24.3 Å². The Labute approximate surface area is 196 Å². The van der Waals surface area contributed by atoms with E-state index < -0.39 is 31.4 Å². The lowest BCUT2D eigenvalue weighted by Gasteiger charge is -2.15. The van der Waals surface area contributed by atoms with E-state index in [0.29, 0.717) is 16.8 Å². The molecule has 4 rings (SSSR count). The maximum atomic E-state index is 13.6. The van der Waals surface area contributed by atoms with E-state index in [2.05, 4.69) is 4.98 Å². The third-order valence-electron chi connectivity index (χ3n) is 5.46. The van der Waals surface area contributed by atoms with E-state index in [4.69, 9.17) is 11.6 Å². The van der Waals surface area contributed by atoms with Gasteiger partial charge in [0.2, 0.25) is 0 Å². The fourth-order valence-electron chi connectivity index (χ4n) is 3.71. The molecular weight excluding hydrogens is 486 g/mol. The van der Waals surface area contributed by atoms with E-state index in [9.17, 15) is 26.7 Å². The van der Waals surface area contributed by atoms with Crippen LogP contribution in [0.15, 0.2) is 64.5 Å². The Morgan fingerprint density at radius 3 is 2.36 bits per heavy atom. The van der Waals surface area contributed by atoms with Gasteiger partial charge in [0.25, 0.3) is 0 Å². The van der Waals surface area contributed by atoms with Crippen molar-refractivity contribution in [1.29, 1.82) is 0 Å². The van der Waals surface area contributed by atoms with Crippen LogP contribution in [0.3, 0.4) is 0 Å². The molecule has 0 aliphatic heterocycles. The highest BCUT2D eigenvalue weighted by molar-refractivity contribution is 7.91. The van der Waals surface area contributed by atoms with E-state index in [0.717, 1.165) is 19.1 Å². The average Bonchev–Trinajstić information content (AvgIpc) is 3.59. The number of carboxylic acid groups (broad SMARTS) is 1. The van der Waals surface area contributed by atoms with Gasteiger partial charge in [-0.25, -0.2) is 21.6 Å². The molecule has 0 amide bonds. The summed E-state index contributed by atoms with van der Waals surface area (Å²) in [7, 11) is -7.77. The van der Waals surface area contributed by atoms with Crippen molar-refractivity contribution in [2.75, 3.05) is 6.26 Å². The Balaban J connectivity index is 1.89. The maximum absolute atomic E-state index is 13.6. The van der Waals surface area contributed by atoms with Gasteiger partial charge in [-0.2, -0.15) is 0 Å². The Bertz CT molecular complexity index is 1460. The van der Waals surface area contributed by atoms with Crippen molar-refractivity contribution in [3.05, 3.63) is 76.4 Å². The molecule has 172 valence electrons. The van der Waals surface area contributed by atoms with Crippen molar-refractivity contribution < 1.29 is 26.7 Å². The van der Waals surface area contributed by atoms with Crippen LogP contribution in [-0.4, -0.2) is 39.2 Å². The standard InChI is InChI=1S/C23H20ClNO6S2/c1-32(28,29)22-11-16(18(12-19(22)24)20-4-2-3-9-25-20)13-33(30,31)21-10-15(23(26)27)7-8-17(21)14-5-6-14/h2-4,7-12,14H,5-6,13H2,1H3,(H,26,27). The van der Waals surface area contributed by atoms with Crippen LogP contribution in [0, 0.1) is 0 Å². The summed E-state index contributed by atoms with van der Waals surface area (Å²) in [4.78, 5) is 15.5. The van der Waals surface area contributed by atoms with Crippen LogP contribution in [0.5, 0.6) is 0 Å². The lowest BCUT2D eigenvalue weighted by atomic mass is 10.1. The summed E-state index contributed by atoms with van der Waals surface area (Å²) in [5.41, 5.74) is 1.49. The third-order valence-corrected chi connectivity index (χ3v) is 8.73. The molecule has 1 fully saturated rings. The molecule has 0 saturated heterocycles. The number of halogens is 1. The zero-order chi connectivity index (χ0) is 24.0. The fourth-order valence-corrected chi connectivity index (χ4v) is 6.77. The second-order valence-electron chi connectivity index (χ2n) is 8.02. The minimum atomic E-state index is -4.04. The Hall–Kier alpha value is -2.75. The van der Waals surface area contributed by atoms with Crippen LogP contribution >= 0.6 is 11.6 Å². The Morgan fingerprint density at radius 1 is 1.06 bits per heavy atom. The van der Waals surface area contributed by atoms with Crippen LogP contribution in [-0.2, 0) is 25.4 Å². The van der Waals surface area contributed by atoms with E-state index in [1.807, 2.05) is 0 Å². The minimum absolute atomic E-state index is 0.0363. The van der Waals surface area contributed by atoms with Crippen LogP contribution < -0.4 is 0 Å². The van der Waals surface area contributed by atoms with Crippen molar-refractivity contribution in [2.45, 2.75) is 34.3 Å². The summed E-state index contributed by atoms with van der Waals surface area (Å²) < 4.78 is 51.6. The number of hydrogen-bond acceptors (Lipinski definition) is 6. The molecule has 10 heteroatoms. The summed E-state index contributed by atoms with van der Waals surface area (Å²) >= 11 is 6.23. The van der Waals surface area contributed by atoms with Crippen molar-refractivity contribution >= 4 is 37.2 Å². The first-order valence-corrected chi connectivity index (χ1v) is 13.9. The third kappa shape index (κ3) is 4.95. The largest absolute Gasteiger partial charge is 0.478 e. The molecule has 33 heavy (non-hydrogen) atoms. The first kappa shape index (κ1) is 23.4. The van der Waals surface area contributed by atoms with Crippen molar-refractivity contribution in [2.24, 2.45) is 0 Å². The van der Waals surface area contributed by atoms with Crippen LogP contribution in [0.4, 0.5) is 0 Å². The number of carboxylic acids is 1. The smallest absolute Gasteiger partial charge is 0.335 e. The predicted molar refractivity (Wildman–Crippen MR) is 124 cm³/mol. The molecule has 1 aromatic heterocycles. The van der Waals surface area contributed by atoms with E-state index in [1.165, 1.54) is 30.5 Å². The van der Waals surface area contributed by atoms with E-state index >= 15 is 0 Å². The molecule has 7 nitrogen and oxygen atoms in total. The van der Waals surface area contributed by atoms with Crippen molar-refractivity contribution in [3.63, 3.8) is 0 Å². The molecule has 0 bridgehead atoms. The Morgan fingerprint density at radius 2 is 1.79 bits per heavy atom. The van der Waals surface area contributed by atoms with Crippen LogP contribution in [0.2, 0.25) is 5.02 Å². The number of benzene rings is 2. The first-order chi connectivity index (χ1) is 15.5. The van der Waals surface area contributed by atoms with Gasteiger partial charge in [-0.15, -0.1) is 0 Å². The van der Waals surface area contributed by atoms with Gasteiger partial charge >= 0.3 is 5.97 Å². The second kappa shape index (κ2) is 8.55. The topological polar surface area (TPSA) is 118 Å². The quantitative estimate of drug-likeness (QED) is 0.506. The Kier molecular flexibility index (Phi) is 6.07. The molecule has 1 heterocycles. The lowest BCUT2D eigenvalue weighted by molar-refractivity contribution is 0.0696. The van der Waals surface area contributed by atoms with Crippen molar-refractivity contribution in [3.8, 4) is 11.3 Å². The molecule has 0 spiro atoms. The molecule has 2 aromatic carbocycles. The van der Waals surface area contributed by atoms with Gasteiger partial charge in [-0.05, 0) is 66.3 Å². The van der Waals surface area contributed by atoms with Crippen molar-refractivity contribution in [1.82, 2.24) is 4.98 Å². The normalized spacial score (nSPS) is 14.2. The predicted octanol–water partition coefficient (Wildman–Crippen LogP) is 4.36. The van der Waals surface area contributed by atoms with E-state index in [-0.39, 0.29) is 31.9 Å². The molecule has 0 atom stereocenters. The summed E-state index contributed by atoms with van der Waals surface area (Å²) in [5, 5.41) is 9.34. The van der Waals surface area contributed by atoms with Gasteiger partial charge in [-0.1, -0.05) is 23.7 Å². The van der Waals surface area contributed by atoms with Crippen LogP contribution in [0.1, 0.15) is 40.2 Å². The van der Waals surface area contributed by atoms with Gasteiger partial charge in [0.05, 0.1) is 31.8 Å². The summed E-state index contributed by atoms with van der Waals surface area (Å²) in [6.45, 7) is 0. The van der Waals surface area contributed by atoms with Gasteiger partial charge in [0.15, 0.2) is 19.7 Å². The number of carbonyl (C=O) groups is 1. The average molecular weight is 506 g/mol. The number of sulfone groups is 2. The monoisotopic (exact) mass is 505 g/mol. The molecular formula is C23H20ClNO6S2. The number of aromatic carboxylic acids is 1. The van der Waals surface area contributed by atoms with Gasteiger partial charge in [0, 0.05) is 18.0 Å². The first-order valence-electron chi connectivity index (χ1n) is 10.0. The van der Waals surface area contributed by atoms with Gasteiger partial charge in [-0.3, -0.25) is 4.98 Å². The maximum Gasteiger partial charge on any atom is 0.335 e. The zero-order valence-electron chi connectivity index (χ0n) is 17.5. The summed E-state index contributed by atoms with van der Waals surface area (Å²) in [5.74, 6) is -1.71. The number of rotatable bonds is 7. The molecule has 1 aliphatic carbocycles. The molecule has 0 unspecified atom stereocenters. The highest BCUT2D eigenvalue weighted by Gasteiger charge is 2.32. The highest BCUT2D eigenvalue weighted by atomic mass is 35.5. The van der Waals surface area contributed by atoms with Gasteiger partial charge in [0.1, 0.15) is 0 Å². The molecule has 1 aliphatic rings. The number of aromatic nitrogens is 1. The molecule has 1 saturated carbocycles. The molecule has 0 radical (unpaired) electrons. The fraction of sp³-hybridized carbons (Fsp3) is 0.217. The van der Waals surface area contributed by atoms with Gasteiger partial charge < -0.3 is 5.11 Å². The number of pyridine rings is 1. The number of hydrogen-bond donors (Lipinski definition) is 1. The highest BCUT2D eigenvalue weighted by Crippen LogP contribution is 2.44. The zero-order valence-corrected chi connectivity index (χ0v) is 19.9. The second-order valence-corrected chi connectivity index (χ2v) is 12.4. The molecule has 1 N–H and O–H groups in total. The lowest BCUT2D eigenvalue weighted by Crippen LogP contribution is -2.12. The van der Waals surface area contributed by atoms with Crippen LogP contribution in [0.25, 0.3) is 11.3 Å². The summed E-state index contributed by atoms with van der Waals surface area (Å²) in [6.07, 6.45) is 4.18. The molecule has 3 aromatic rings. The minimum Gasteiger partial charge on any atom is -0.478 e. The summed E-state index contributed by atoms with van der Waals surface area (Å²) in [6, 6.07) is 11.9. The number of nitrogens with zero attached hydrogens (tertiary/aromatic N) is 1.